The Bertz CT molecular complexity index is 571. The van der Waals surface area contributed by atoms with Crippen LogP contribution in [0.2, 0.25) is 10.0 Å². The lowest BCUT2D eigenvalue weighted by atomic mass is 10.3. The Kier molecular flexibility index (Phi) is 3.83. The standard InChI is InChI=1S/C15H16Cl2N2/c16-12-5-6-15(14(17)10-12)19-9-3-4-13(19)11-18-7-1-2-8-18/h3-6,9-10H,1-2,7-8,11H2. The Balaban J connectivity index is 1.90. The van der Waals surface area contributed by atoms with Crippen molar-refractivity contribution >= 4 is 23.2 Å². The first-order chi connectivity index (χ1) is 9.24. The van der Waals surface area contributed by atoms with Gasteiger partial charge in [0.25, 0.3) is 0 Å². The largest absolute Gasteiger partial charge is 0.318 e. The van der Waals surface area contributed by atoms with E-state index in [2.05, 4.69) is 27.8 Å². The molecule has 100 valence electrons. The number of nitrogens with zero attached hydrogens (tertiary/aromatic N) is 2. The number of benzene rings is 1. The van der Waals surface area contributed by atoms with Crippen molar-refractivity contribution in [2.75, 3.05) is 13.1 Å². The van der Waals surface area contributed by atoms with Gasteiger partial charge in [0, 0.05) is 23.5 Å². The van der Waals surface area contributed by atoms with Gasteiger partial charge in [-0.05, 0) is 56.3 Å². The summed E-state index contributed by atoms with van der Waals surface area (Å²) in [6.45, 7) is 3.37. The Morgan fingerprint density at radius 3 is 2.58 bits per heavy atom. The fourth-order valence-electron chi connectivity index (χ4n) is 2.63. The second kappa shape index (κ2) is 5.58. The molecule has 0 atom stereocenters. The van der Waals surface area contributed by atoms with E-state index in [0.717, 1.165) is 12.2 Å². The molecule has 19 heavy (non-hydrogen) atoms. The molecule has 2 aromatic rings. The fraction of sp³-hybridized carbons (Fsp3) is 0.333. The van der Waals surface area contributed by atoms with Gasteiger partial charge in [0.2, 0.25) is 0 Å². The predicted octanol–water partition coefficient (Wildman–Crippen LogP) is 4.38. The normalized spacial score (nSPS) is 16.1. The molecule has 1 saturated heterocycles. The van der Waals surface area contributed by atoms with Crippen LogP contribution in [0.25, 0.3) is 5.69 Å². The predicted molar refractivity (Wildman–Crippen MR) is 80.3 cm³/mol. The van der Waals surface area contributed by atoms with E-state index in [9.17, 15) is 0 Å². The van der Waals surface area contributed by atoms with Crippen LogP contribution >= 0.6 is 23.2 Å². The van der Waals surface area contributed by atoms with Crippen LogP contribution < -0.4 is 0 Å². The van der Waals surface area contributed by atoms with E-state index in [4.69, 9.17) is 23.2 Å². The summed E-state index contributed by atoms with van der Waals surface area (Å²) in [5.74, 6) is 0. The molecule has 4 heteroatoms. The van der Waals surface area contributed by atoms with Gasteiger partial charge in [0.15, 0.2) is 0 Å². The summed E-state index contributed by atoms with van der Waals surface area (Å²) in [5.41, 5.74) is 2.26. The molecule has 1 aromatic heterocycles. The first-order valence-corrected chi connectivity index (χ1v) is 7.33. The van der Waals surface area contributed by atoms with Gasteiger partial charge in [0.1, 0.15) is 0 Å². The number of halogens is 2. The van der Waals surface area contributed by atoms with Crippen molar-refractivity contribution < 1.29 is 0 Å². The molecule has 0 N–H and O–H groups in total. The van der Waals surface area contributed by atoms with Gasteiger partial charge in [-0.2, -0.15) is 0 Å². The topological polar surface area (TPSA) is 8.17 Å². The summed E-state index contributed by atoms with van der Waals surface area (Å²) in [6, 6.07) is 9.86. The van der Waals surface area contributed by atoms with Crippen LogP contribution in [0.5, 0.6) is 0 Å². The van der Waals surface area contributed by atoms with Gasteiger partial charge < -0.3 is 4.57 Å². The highest BCUT2D eigenvalue weighted by Crippen LogP contribution is 2.26. The third kappa shape index (κ3) is 2.81. The molecule has 0 saturated carbocycles. The van der Waals surface area contributed by atoms with E-state index in [1.165, 1.54) is 31.6 Å². The van der Waals surface area contributed by atoms with Gasteiger partial charge in [-0.3, -0.25) is 4.90 Å². The molecule has 0 aliphatic carbocycles. The van der Waals surface area contributed by atoms with Crippen LogP contribution in [0.1, 0.15) is 18.5 Å². The molecule has 0 spiro atoms. The molecule has 1 aromatic carbocycles. The highest BCUT2D eigenvalue weighted by molar-refractivity contribution is 6.35. The number of likely N-dealkylation sites (tertiary alicyclic amines) is 1. The lowest BCUT2D eigenvalue weighted by molar-refractivity contribution is 0.325. The minimum absolute atomic E-state index is 0.669. The molecule has 2 heterocycles. The second-order valence-electron chi connectivity index (χ2n) is 4.95. The first-order valence-electron chi connectivity index (χ1n) is 6.58. The van der Waals surface area contributed by atoms with Crippen molar-refractivity contribution in [3.63, 3.8) is 0 Å². The average molecular weight is 295 g/mol. The number of hydrogen-bond donors (Lipinski definition) is 0. The van der Waals surface area contributed by atoms with Crippen LogP contribution in [-0.2, 0) is 6.54 Å². The van der Waals surface area contributed by atoms with E-state index in [-0.39, 0.29) is 0 Å². The third-order valence-corrected chi connectivity index (χ3v) is 4.12. The summed E-state index contributed by atoms with van der Waals surface area (Å²) in [7, 11) is 0. The zero-order chi connectivity index (χ0) is 13.2. The summed E-state index contributed by atoms with van der Waals surface area (Å²) in [4.78, 5) is 2.48. The minimum Gasteiger partial charge on any atom is -0.318 e. The summed E-state index contributed by atoms with van der Waals surface area (Å²) in [5, 5.41) is 1.35. The minimum atomic E-state index is 0.669. The van der Waals surface area contributed by atoms with Gasteiger partial charge in [0.05, 0.1) is 10.7 Å². The molecule has 1 aliphatic rings. The zero-order valence-corrected chi connectivity index (χ0v) is 12.2. The van der Waals surface area contributed by atoms with Gasteiger partial charge in [-0.1, -0.05) is 23.2 Å². The maximum Gasteiger partial charge on any atom is 0.0661 e. The van der Waals surface area contributed by atoms with Crippen LogP contribution in [0.4, 0.5) is 0 Å². The molecule has 0 amide bonds. The van der Waals surface area contributed by atoms with Crippen LogP contribution in [-0.4, -0.2) is 22.6 Å². The monoisotopic (exact) mass is 294 g/mol. The van der Waals surface area contributed by atoms with Crippen molar-refractivity contribution in [2.45, 2.75) is 19.4 Å². The van der Waals surface area contributed by atoms with Crippen LogP contribution in [0.3, 0.4) is 0 Å². The van der Waals surface area contributed by atoms with Gasteiger partial charge in [-0.25, -0.2) is 0 Å². The molecular formula is C15H16Cl2N2. The number of hydrogen-bond acceptors (Lipinski definition) is 1. The smallest absolute Gasteiger partial charge is 0.0661 e. The molecule has 1 aliphatic heterocycles. The molecule has 0 unspecified atom stereocenters. The Hall–Kier alpha value is -0.960. The highest BCUT2D eigenvalue weighted by Gasteiger charge is 2.14. The Labute approximate surface area is 123 Å². The maximum atomic E-state index is 6.29. The zero-order valence-electron chi connectivity index (χ0n) is 10.6. The van der Waals surface area contributed by atoms with E-state index >= 15 is 0 Å². The van der Waals surface area contributed by atoms with Crippen molar-refractivity contribution in [1.82, 2.24) is 9.47 Å². The molecular weight excluding hydrogens is 279 g/mol. The van der Waals surface area contributed by atoms with Crippen molar-refractivity contribution in [3.05, 3.63) is 52.3 Å². The van der Waals surface area contributed by atoms with Crippen LogP contribution in [0, 0.1) is 0 Å². The van der Waals surface area contributed by atoms with Gasteiger partial charge >= 0.3 is 0 Å². The van der Waals surface area contributed by atoms with E-state index < -0.39 is 0 Å². The van der Waals surface area contributed by atoms with E-state index in [0.29, 0.717) is 10.0 Å². The third-order valence-electron chi connectivity index (χ3n) is 3.59. The maximum absolute atomic E-state index is 6.29. The highest BCUT2D eigenvalue weighted by atomic mass is 35.5. The Morgan fingerprint density at radius 2 is 1.84 bits per heavy atom. The van der Waals surface area contributed by atoms with Crippen molar-refractivity contribution in [1.29, 1.82) is 0 Å². The molecule has 0 radical (unpaired) electrons. The molecule has 0 bridgehead atoms. The molecule has 3 rings (SSSR count). The Morgan fingerprint density at radius 1 is 1.05 bits per heavy atom. The lowest BCUT2D eigenvalue weighted by Gasteiger charge is -2.17. The fourth-order valence-corrected chi connectivity index (χ4v) is 3.13. The number of rotatable bonds is 3. The molecule has 1 fully saturated rings. The second-order valence-corrected chi connectivity index (χ2v) is 5.79. The van der Waals surface area contributed by atoms with E-state index in [1.807, 2.05) is 12.1 Å². The first kappa shape index (κ1) is 13.0. The average Bonchev–Trinajstić information content (AvgIpc) is 3.02. The van der Waals surface area contributed by atoms with Crippen LogP contribution in [0.15, 0.2) is 36.5 Å². The van der Waals surface area contributed by atoms with Gasteiger partial charge in [-0.15, -0.1) is 0 Å². The number of aromatic nitrogens is 1. The molecule has 2 nitrogen and oxygen atoms in total. The lowest BCUT2D eigenvalue weighted by Crippen LogP contribution is -2.20. The SMILES string of the molecule is Clc1ccc(-n2cccc2CN2CCCC2)c(Cl)c1. The summed E-state index contributed by atoms with van der Waals surface area (Å²) < 4.78 is 2.15. The van der Waals surface area contributed by atoms with E-state index in [1.54, 1.807) is 6.07 Å². The quantitative estimate of drug-likeness (QED) is 0.815. The van der Waals surface area contributed by atoms with Crippen molar-refractivity contribution in [2.24, 2.45) is 0 Å². The van der Waals surface area contributed by atoms with Crippen molar-refractivity contribution in [3.8, 4) is 5.69 Å². The summed E-state index contributed by atoms with van der Waals surface area (Å²) >= 11 is 12.2. The summed E-state index contributed by atoms with van der Waals surface area (Å²) in [6.07, 6.45) is 4.67.